The van der Waals surface area contributed by atoms with Crippen molar-refractivity contribution >= 4 is 11.9 Å². The molecule has 1 amide bonds. The molecule has 0 aromatic rings. The lowest BCUT2D eigenvalue weighted by molar-refractivity contribution is -0.151. The van der Waals surface area contributed by atoms with Gasteiger partial charge in [-0.1, -0.05) is 217 Å². The molecule has 0 saturated heterocycles. The molecule has 362 valence electrons. The van der Waals surface area contributed by atoms with E-state index >= 15 is 0 Å². The second kappa shape index (κ2) is 49.8. The summed E-state index contributed by atoms with van der Waals surface area (Å²) >= 11 is 0. The van der Waals surface area contributed by atoms with Gasteiger partial charge in [-0.25, -0.2) is 0 Å². The number of esters is 1. The summed E-state index contributed by atoms with van der Waals surface area (Å²) in [5.74, 6) is -0.524. The van der Waals surface area contributed by atoms with E-state index in [9.17, 15) is 19.8 Å². The number of hydrogen-bond acceptors (Lipinski definition) is 5. The van der Waals surface area contributed by atoms with E-state index in [1.165, 1.54) is 141 Å². The third kappa shape index (κ3) is 44.4. The van der Waals surface area contributed by atoms with Gasteiger partial charge in [-0.05, 0) is 89.9 Å². The molecule has 0 spiro atoms. The lowest BCUT2D eigenvalue weighted by atomic mass is 10.0. The molecule has 0 rings (SSSR count). The van der Waals surface area contributed by atoms with E-state index in [0.717, 1.165) is 83.5 Å². The molecule has 0 radical (unpaired) electrons. The van der Waals surface area contributed by atoms with Crippen LogP contribution in [-0.2, 0) is 14.3 Å². The number of ether oxygens (including phenoxy) is 1. The van der Waals surface area contributed by atoms with E-state index < -0.39 is 18.2 Å². The van der Waals surface area contributed by atoms with Crippen molar-refractivity contribution in [2.24, 2.45) is 0 Å². The van der Waals surface area contributed by atoms with Gasteiger partial charge in [0.15, 0.2) is 0 Å². The fraction of sp³-hybridized carbons (Fsp3) is 0.821. The normalized spacial score (nSPS) is 13.6. The van der Waals surface area contributed by atoms with Crippen molar-refractivity contribution in [3.05, 3.63) is 48.6 Å². The first-order chi connectivity index (χ1) is 30.5. The summed E-state index contributed by atoms with van der Waals surface area (Å²) < 4.78 is 5.91. The zero-order chi connectivity index (χ0) is 45.2. The summed E-state index contributed by atoms with van der Waals surface area (Å²) in [5, 5.41) is 23.8. The number of nitrogens with one attached hydrogen (secondary N) is 1. The van der Waals surface area contributed by atoms with Gasteiger partial charge in [-0.15, -0.1) is 0 Å². The van der Waals surface area contributed by atoms with Crippen LogP contribution in [0, 0.1) is 0 Å². The molecule has 0 aromatic heterocycles. The highest BCUT2D eigenvalue weighted by Crippen LogP contribution is 2.17. The first kappa shape index (κ1) is 59.8. The molecule has 3 unspecified atom stereocenters. The van der Waals surface area contributed by atoms with Gasteiger partial charge in [0, 0.05) is 6.42 Å². The van der Waals surface area contributed by atoms with Gasteiger partial charge in [0.25, 0.3) is 0 Å². The average Bonchev–Trinajstić information content (AvgIpc) is 3.26. The Morgan fingerprint density at radius 3 is 1.31 bits per heavy atom. The maximum Gasteiger partial charge on any atom is 0.306 e. The molecule has 3 atom stereocenters. The second-order valence-electron chi connectivity index (χ2n) is 18.3. The molecule has 62 heavy (non-hydrogen) atoms. The van der Waals surface area contributed by atoms with Crippen LogP contribution in [0.1, 0.15) is 271 Å². The summed E-state index contributed by atoms with van der Waals surface area (Å²) in [6.45, 7) is 6.45. The van der Waals surface area contributed by atoms with E-state index in [4.69, 9.17) is 4.74 Å². The Hall–Kier alpha value is -2.18. The molecular formula is C56H103NO5. The number of aliphatic hydroxyl groups is 2. The number of allylic oxidation sites excluding steroid dienone is 8. The lowest BCUT2D eigenvalue weighted by Crippen LogP contribution is -2.46. The van der Waals surface area contributed by atoms with Crippen LogP contribution in [0.4, 0.5) is 0 Å². The zero-order valence-corrected chi connectivity index (χ0v) is 41.3. The number of unbranched alkanes of at least 4 members (excludes halogenated alkanes) is 28. The molecule has 0 fully saturated rings. The maximum atomic E-state index is 13.2. The molecular weight excluding hydrogens is 767 g/mol. The largest absolute Gasteiger partial charge is 0.462 e. The highest BCUT2D eigenvalue weighted by Gasteiger charge is 2.24. The zero-order valence-electron chi connectivity index (χ0n) is 41.3. The summed E-state index contributed by atoms with van der Waals surface area (Å²) in [4.78, 5) is 26.2. The Bertz CT molecular complexity index is 1070. The number of carbonyl (C=O) groups excluding carboxylic acids is 2. The smallest absolute Gasteiger partial charge is 0.306 e. The highest BCUT2D eigenvalue weighted by molar-refractivity contribution is 5.77. The van der Waals surface area contributed by atoms with Crippen molar-refractivity contribution in [2.75, 3.05) is 6.61 Å². The molecule has 3 N–H and O–H groups in total. The van der Waals surface area contributed by atoms with Gasteiger partial charge in [-0.2, -0.15) is 0 Å². The Kier molecular flexibility index (Phi) is 48.1. The van der Waals surface area contributed by atoms with Gasteiger partial charge in [-0.3, -0.25) is 9.59 Å². The molecule has 6 heteroatoms. The predicted octanol–water partition coefficient (Wildman–Crippen LogP) is 16.2. The fourth-order valence-corrected chi connectivity index (χ4v) is 8.02. The van der Waals surface area contributed by atoms with E-state index in [2.05, 4.69) is 74.7 Å². The Balaban J connectivity index is 4.65. The standard InChI is InChI=1S/C56H103NO5/c1-4-7-10-13-16-19-22-25-28-29-32-35-38-41-44-47-52(62-56(61)49-46-43-40-37-34-31-27-24-21-18-15-12-9-6-3)50-55(60)57-53(51-58)54(59)48-45-42-39-36-33-30-26-23-20-17-14-11-8-5-2/h16,19,25,28,31-32,34-35,52-54,58-59H,4-15,17-18,20-24,26-27,29-30,33,36-51H2,1-3H3,(H,57,60)/b19-16-,28-25-,34-31-,35-32-. The topological polar surface area (TPSA) is 95.9 Å². The van der Waals surface area contributed by atoms with Gasteiger partial charge in [0.2, 0.25) is 5.91 Å². The number of amides is 1. The number of rotatable bonds is 48. The van der Waals surface area contributed by atoms with Crippen LogP contribution in [0.3, 0.4) is 0 Å². The Morgan fingerprint density at radius 2 is 0.823 bits per heavy atom. The van der Waals surface area contributed by atoms with Crippen LogP contribution in [0.2, 0.25) is 0 Å². The van der Waals surface area contributed by atoms with Crippen molar-refractivity contribution < 1.29 is 24.5 Å². The van der Waals surface area contributed by atoms with Crippen LogP contribution in [0.25, 0.3) is 0 Å². The van der Waals surface area contributed by atoms with E-state index in [1.807, 2.05) is 0 Å². The van der Waals surface area contributed by atoms with E-state index in [0.29, 0.717) is 19.3 Å². The van der Waals surface area contributed by atoms with Crippen LogP contribution in [0.15, 0.2) is 48.6 Å². The number of aliphatic hydroxyl groups excluding tert-OH is 2. The van der Waals surface area contributed by atoms with Crippen LogP contribution < -0.4 is 5.32 Å². The molecule has 0 aromatic carbocycles. The minimum atomic E-state index is -0.800. The summed E-state index contributed by atoms with van der Waals surface area (Å²) in [6.07, 6.45) is 60.3. The van der Waals surface area contributed by atoms with Crippen molar-refractivity contribution in [1.82, 2.24) is 5.32 Å². The maximum absolute atomic E-state index is 13.2. The second-order valence-corrected chi connectivity index (χ2v) is 18.3. The summed E-state index contributed by atoms with van der Waals surface area (Å²) in [7, 11) is 0. The van der Waals surface area contributed by atoms with Crippen molar-refractivity contribution in [3.63, 3.8) is 0 Å². The van der Waals surface area contributed by atoms with Gasteiger partial charge in [0.1, 0.15) is 6.10 Å². The molecule has 6 nitrogen and oxygen atoms in total. The number of carbonyl (C=O) groups is 2. The molecule has 0 heterocycles. The molecule has 0 bridgehead atoms. The van der Waals surface area contributed by atoms with Gasteiger partial charge < -0.3 is 20.3 Å². The van der Waals surface area contributed by atoms with Crippen LogP contribution in [-0.4, -0.2) is 46.9 Å². The molecule has 0 aliphatic carbocycles. The molecule has 0 aliphatic rings. The first-order valence-corrected chi connectivity index (χ1v) is 26.9. The fourth-order valence-electron chi connectivity index (χ4n) is 8.02. The SMILES string of the molecule is CCCCC/C=C\C/C=C\C/C=C\CCCCC(CC(=O)NC(CO)C(O)CCCCCCCCCCCCCCCC)OC(=O)CCCCC/C=C\CCCCCCCCC. The van der Waals surface area contributed by atoms with Crippen molar-refractivity contribution in [1.29, 1.82) is 0 Å². The van der Waals surface area contributed by atoms with Gasteiger partial charge >= 0.3 is 5.97 Å². The number of hydrogen-bond donors (Lipinski definition) is 3. The minimum absolute atomic E-state index is 0.0467. The van der Waals surface area contributed by atoms with Gasteiger partial charge in [0.05, 0.1) is 25.2 Å². The van der Waals surface area contributed by atoms with Crippen LogP contribution in [0.5, 0.6) is 0 Å². The van der Waals surface area contributed by atoms with Crippen LogP contribution >= 0.6 is 0 Å². The lowest BCUT2D eigenvalue weighted by Gasteiger charge is -2.24. The monoisotopic (exact) mass is 870 g/mol. The van der Waals surface area contributed by atoms with E-state index in [-0.39, 0.29) is 24.9 Å². The Morgan fingerprint density at radius 1 is 0.468 bits per heavy atom. The Labute approximate surface area is 385 Å². The summed E-state index contributed by atoms with van der Waals surface area (Å²) in [5.41, 5.74) is 0. The first-order valence-electron chi connectivity index (χ1n) is 26.9. The third-order valence-electron chi connectivity index (χ3n) is 12.1. The quantitative estimate of drug-likeness (QED) is 0.0322. The van der Waals surface area contributed by atoms with Crippen molar-refractivity contribution in [3.8, 4) is 0 Å². The highest BCUT2D eigenvalue weighted by atomic mass is 16.5. The predicted molar refractivity (Wildman–Crippen MR) is 269 cm³/mol. The summed E-state index contributed by atoms with van der Waals surface area (Å²) in [6, 6.07) is -0.716. The molecule has 0 aliphatic heterocycles. The van der Waals surface area contributed by atoms with E-state index in [1.54, 1.807) is 0 Å². The average molecular weight is 870 g/mol. The molecule has 0 saturated carbocycles. The van der Waals surface area contributed by atoms with Crippen molar-refractivity contribution in [2.45, 2.75) is 289 Å². The minimum Gasteiger partial charge on any atom is -0.462 e. The third-order valence-corrected chi connectivity index (χ3v) is 12.1.